The first-order valence-electron chi connectivity index (χ1n) is 8.07. The molecule has 0 saturated carbocycles. The number of nitrogens with zero attached hydrogens (tertiary/aromatic N) is 1. The Bertz CT molecular complexity index is 1030. The average Bonchev–Trinajstić information content (AvgIpc) is 3.08. The van der Waals surface area contributed by atoms with E-state index in [1.54, 1.807) is 6.08 Å². The van der Waals surface area contributed by atoms with Crippen molar-refractivity contribution in [1.82, 2.24) is 15.2 Å². The molecule has 1 saturated heterocycles. The van der Waals surface area contributed by atoms with E-state index in [9.17, 15) is 9.59 Å². The van der Waals surface area contributed by atoms with Crippen LogP contribution in [0.4, 0.5) is 4.79 Å². The zero-order valence-electron chi connectivity index (χ0n) is 13.7. The van der Waals surface area contributed by atoms with E-state index in [1.165, 1.54) is 11.1 Å². The smallest absolute Gasteiger partial charge is 0.326 e. The molecular formula is C20H17N3O2. The summed E-state index contributed by atoms with van der Waals surface area (Å²) in [7, 11) is 0. The van der Waals surface area contributed by atoms with Gasteiger partial charge in [-0.2, -0.15) is 0 Å². The summed E-state index contributed by atoms with van der Waals surface area (Å²) < 4.78 is 2.16. The molecule has 4 rings (SSSR count). The quantitative estimate of drug-likeness (QED) is 0.572. The maximum absolute atomic E-state index is 11.8. The van der Waals surface area contributed by atoms with Gasteiger partial charge >= 0.3 is 6.03 Å². The molecule has 3 aromatic rings. The molecule has 0 bridgehead atoms. The minimum Gasteiger partial charge on any atom is -0.342 e. The first-order valence-corrected chi connectivity index (χ1v) is 8.07. The summed E-state index contributed by atoms with van der Waals surface area (Å²) in [4.78, 5) is 23.1. The second kappa shape index (κ2) is 5.94. The standard InChI is InChI=1S/C20H17N3O2/c1-13-5-4-6-14(9-13)11-23-12-15(16-7-2-3-8-18(16)23)10-17-19(24)22-20(25)21-17/h2-10,12H,11H2,1H3,(H2,21,22,24,25)/b17-10+. The van der Waals surface area contributed by atoms with Crippen LogP contribution in [0.1, 0.15) is 16.7 Å². The van der Waals surface area contributed by atoms with Crippen LogP contribution < -0.4 is 10.6 Å². The van der Waals surface area contributed by atoms with Crippen molar-refractivity contribution in [3.63, 3.8) is 0 Å². The van der Waals surface area contributed by atoms with E-state index in [1.807, 2.05) is 24.4 Å². The Labute approximate surface area is 145 Å². The largest absolute Gasteiger partial charge is 0.342 e. The minimum atomic E-state index is -0.486. The zero-order valence-corrected chi connectivity index (χ0v) is 13.7. The van der Waals surface area contributed by atoms with Crippen LogP contribution in [0.2, 0.25) is 0 Å². The van der Waals surface area contributed by atoms with Crippen molar-refractivity contribution in [2.75, 3.05) is 0 Å². The summed E-state index contributed by atoms with van der Waals surface area (Å²) >= 11 is 0. The molecule has 2 heterocycles. The summed E-state index contributed by atoms with van der Waals surface area (Å²) in [6.07, 6.45) is 3.73. The van der Waals surface area contributed by atoms with E-state index in [4.69, 9.17) is 0 Å². The number of benzene rings is 2. The van der Waals surface area contributed by atoms with Crippen molar-refractivity contribution < 1.29 is 9.59 Å². The van der Waals surface area contributed by atoms with Gasteiger partial charge in [0.15, 0.2) is 0 Å². The Morgan fingerprint density at radius 3 is 2.64 bits per heavy atom. The number of carbonyl (C=O) groups is 2. The number of aromatic nitrogens is 1. The second-order valence-corrected chi connectivity index (χ2v) is 6.18. The van der Waals surface area contributed by atoms with Crippen molar-refractivity contribution in [1.29, 1.82) is 0 Å². The predicted octanol–water partition coefficient (Wildman–Crippen LogP) is 3.18. The molecule has 124 valence electrons. The molecule has 2 N–H and O–H groups in total. The lowest BCUT2D eigenvalue weighted by Gasteiger charge is -2.06. The number of hydrogen-bond donors (Lipinski definition) is 2. The maximum atomic E-state index is 11.8. The first-order chi connectivity index (χ1) is 12.1. The van der Waals surface area contributed by atoms with Crippen molar-refractivity contribution in [3.05, 3.63) is 77.1 Å². The fourth-order valence-corrected chi connectivity index (χ4v) is 3.17. The number of nitrogens with one attached hydrogen (secondary N) is 2. The molecule has 2 aromatic carbocycles. The van der Waals surface area contributed by atoms with E-state index in [0.717, 1.165) is 23.0 Å². The molecule has 0 radical (unpaired) electrons. The van der Waals surface area contributed by atoms with Crippen molar-refractivity contribution in [2.45, 2.75) is 13.5 Å². The Hall–Kier alpha value is -3.34. The third-order valence-electron chi connectivity index (χ3n) is 4.27. The lowest BCUT2D eigenvalue weighted by molar-refractivity contribution is -0.115. The van der Waals surface area contributed by atoms with Crippen LogP contribution in [0.15, 0.2) is 60.4 Å². The highest BCUT2D eigenvalue weighted by molar-refractivity contribution is 6.14. The molecule has 1 aromatic heterocycles. The SMILES string of the molecule is Cc1cccc(Cn2cc(/C=C3/NC(=O)NC3=O)c3ccccc32)c1. The van der Waals surface area contributed by atoms with Gasteiger partial charge in [-0.05, 0) is 24.6 Å². The molecule has 3 amide bonds. The summed E-state index contributed by atoms with van der Waals surface area (Å²) in [5.41, 5.74) is 4.69. The number of imide groups is 1. The first kappa shape index (κ1) is 15.2. The molecular weight excluding hydrogens is 314 g/mol. The molecule has 5 heteroatoms. The number of carbonyl (C=O) groups excluding carboxylic acids is 2. The molecule has 1 fully saturated rings. The number of rotatable bonds is 3. The van der Waals surface area contributed by atoms with Crippen LogP contribution in [0, 0.1) is 6.92 Å². The van der Waals surface area contributed by atoms with E-state index in [2.05, 4.69) is 52.5 Å². The summed E-state index contributed by atoms with van der Waals surface area (Å²) in [5.74, 6) is -0.402. The number of amides is 3. The van der Waals surface area contributed by atoms with E-state index in [0.29, 0.717) is 0 Å². The highest BCUT2D eigenvalue weighted by atomic mass is 16.2. The van der Waals surface area contributed by atoms with Crippen LogP contribution in [0.3, 0.4) is 0 Å². The predicted molar refractivity (Wildman–Crippen MR) is 96.9 cm³/mol. The van der Waals surface area contributed by atoms with Crippen molar-refractivity contribution in [3.8, 4) is 0 Å². The van der Waals surface area contributed by atoms with Gasteiger partial charge in [0, 0.05) is 29.2 Å². The van der Waals surface area contributed by atoms with Gasteiger partial charge in [-0.3, -0.25) is 10.1 Å². The Kier molecular flexibility index (Phi) is 3.61. The van der Waals surface area contributed by atoms with Gasteiger partial charge in [0.1, 0.15) is 5.70 Å². The number of para-hydroxylation sites is 1. The topological polar surface area (TPSA) is 63.1 Å². The van der Waals surface area contributed by atoms with Crippen LogP contribution in [0.5, 0.6) is 0 Å². The maximum Gasteiger partial charge on any atom is 0.326 e. The van der Waals surface area contributed by atoms with Crippen molar-refractivity contribution >= 4 is 28.9 Å². The third-order valence-corrected chi connectivity index (χ3v) is 4.27. The summed E-state index contributed by atoms with van der Waals surface area (Å²) in [6, 6.07) is 15.9. The summed E-state index contributed by atoms with van der Waals surface area (Å²) in [5, 5.41) is 5.80. The molecule has 1 aliphatic heterocycles. The third kappa shape index (κ3) is 2.92. The van der Waals surface area contributed by atoms with Crippen LogP contribution >= 0.6 is 0 Å². The van der Waals surface area contributed by atoms with Gasteiger partial charge in [-0.15, -0.1) is 0 Å². The number of aryl methyl sites for hydroxylation is 1. The number of hydrogen-bond acceptors (Lipinski definition) is 2. The Balaban J connectivity index is 1.78. The Morgan fingerprint density at radius 2 is 1.88 bits per heavy atom. The van der Waals surface area contributed by atoms with Gasteiger partial charge in [-0.1, -0.05) is 48.0 Å². The molecule has 0 atom stereocenters. The Morgan fingerprint density at radius 1 is 1.04 bits per heavy atom. The fourth-order valence-electron chi connectivity index (χ4n) is 3.17. The number of urea groups is 1. The molecule has 25 heavy (non-hydrogen) atoms. The molecule has 0 unspecified atom stereocenters. The minimum absolute atomic E-state index is 0.267. The van der Waals surface area contributed by atoms with E-state index < -0.39 is 11.9 Å². The zero-order chi connectivity index (χ0) is 17.4. The number of fused-ring (bicyclic) bond motifs is 1. The summed E-state index contributed by atoms with van der Waals surface area (Å²) in [6.45, 7) is 2.82. The fraction of sp³-hybridized carbons (Fsp3) is 0.100. The van der Waals surface area contributed by atoms with Gasteiger partial charge in [0.05, 0.1) is 0 Å². The van der Waals surface area contributed by atoms with Crippen LogP contribution in [-0.2, 0) is 11.3 Å². The highest BCUT2D eigenvalue weighted by Gasteiger charge is 2.23. The van der Waals surface area contributed by atoms with E-state index in [-0.39, 0.29) is 5.70 Å². The van der Waals surface area contributed by atoms with Crippen LogP contribution in [-0.4, -0.2) is 16.5 Å². The second-order valence-electron chi connectivity index (χ2n) is 6.18. The van der Waals surface area contributed by atoms with Crippen LogP contribution in [0.25, 0.3) is 17.0 Å². The molecule has 1 aliphatic rings. The van der Waals surface area contributed by atoms with E-state index >= 15 is 0 Å². The molecule has 0 aliphatic carbocycles. The molecule has 0 spiro atoms. The lowest BCUT2D eigenvalue weighted by atomic mass is 10.1. The molecule has 5 nitrogen and oxygen atoms in total. The average molecular weight is 331 g/mol. The lowest BCUT2D eigenvalue weighted by Crippen LogP contribution is -2.22. The van der Waals surface area contributed by atoms with Gasteiger partial charge < -0.3 is 9.88 Å². The highest BCUT2D eigenvalue weighted by Crippen LogP contribution is 2.25. The monoisotopic (exact) mass is 331 g/mol. The van der Waals surface area contributed by atoms with Gasteiger partial charge in [0.2, 0.25) is 0 Å². The van der Waals surface area contributed by atoms with Gasteiger partial charge in [-0.25, -0.2) is 4.79 Å². The van der Waals surface area contributed by atoms with Crippen molar-refractivity contribution in [2.24, 2.45) is 0 Å². The van der Waals surface area contributed by atoms with Gasteiger partial charge in [0.25, 0.3) is 5.91 Å². The normalized spacial score (nSPS) is 15.6.